The van der Waals surface area contributed by atoms with Crippen molar-refractivity contribution in [1.29, 1.82) is 0 Å². The second kappa shape index (κ2) is 15.2. The van der Waals surface area contributed by atoms with Gasteiger partial charge in [0.2, 0.25) is 0 Å². The molecule has 242 valence electrons. The Balaban J connectivity index is 1.49. The van der Waals surface area contributed by atoms with Gasteiger partial charge in [0, 0.05) is 6.42 Å². The van der Waals surface area contributed by atoms with Crippen LogP contribution in [0.15, 0.2) is 91.0 Å². The summed E-state index contributed by atoms with van der Waals surface area (Å²) in [6.07, 6.45) is -2.07. The number of cyclic esters (lactones) is 1. The van der Waals surface area contributed by atoms with E-state index in [4.69, 9.17) is 28.1 Å². The molecular formula is C37H48O7Si. The first kappa shape index (κ1) is 33.5. The van der Waals surface area contributed by atoms with Crippen molar-refractivity contribution in [2.75, 3.05) is 6.61 Å². The molecule has 45 heavy (non-hydrogen) atoms. The SMILES string of the molecule is CC(C)(C)[Si](C)(C)O[C@H]1[C@@H](OCc2ccccc2)[C@H](OCc2ccccc2)[C@@H](COCc2ccccc2)O[C@@H]1C1CCC(=O)O1. The van der Waals surface area contributed by atoms with Crippen molar-refractivity contribution in [1.82, 2.24) is 0 Å². The smallest absolute Gasteiger partial charge is 0.306 e. The van der Waals surface area contributed by atoms with Gasteiger partial charge >= 0.3 is 5.97 Å². The normalized spacial score (nSPS) is 25.7. The van der Waals surface area contributed by atoms with Crippen molar-refractivity contribution in [3.05, 3.63) is 108 Å². The summed E-state index contributed by atoms with van der Waals surface area (Å²) in [6, 6.07) is 30.3. The molecule has 0 spiro atoms. The van der Waals surface area contributed by atoms with Gasteiger partial charge in [-0.3, -0.25) is 4.79 Å². The summed E-state index contributed by atoms with van der Waals surface area (Å²) in [5.74, 6) is -0.212. The number of hydrogen-bond acceptors (Lipinski definition) is 7. The van der Waals surface area contributed by atoms with Crippen LogP contribution in [0.5, 0.6) is 0 Å². The lowest BCUT2D eigenvalue weighted by molar-refractivity contribution is -0.272. The van der Waals surface area contributed by atoms with E-state index < -0.39 is 44.9 Å². The molecule has 0 aliphatic carbocycles. The fourth-order valence-corrected chi connectivity index (χ4v) is 6.90. The van der Waals surface area contributed by atoms with Gasteiger partial charge in [0.1, 0.15) is 36.6 Å². The molecule has 0 radical (unpaired) electrons. The van der Waals surface area contributed by atoms with Crippen LogP contribution in [0.1, 0.15) is 50.3 Å². The molecular weight excluding hydrogens is 584 g/mol. The molecule has 8 heteroatoms. The molecule has 7 nitrogen and oxygen atoms in total. The zero-order chi connectivity index (χ0) is 31.9. The summed E-state index contributed by atoms with van der Waals surface area (Å²) in [4.78, 5) is 12.4. The van der Waals surface area contributed by atoms with E-state index in [-0.39, 0.29) is 17.6 Å². The maximum atomic E-state index is 12.4. The highest BCUT2D eigenvalue weighted by Gasteiger charge is 2.55. The largest absolute Gasteiger partial charge is 0.459 e. The minimum absolute atomic E-state index is 0.0656. The van der Waals surface area contributed by atoms with E-state index in [2.05, 4.69) is 58.1 Å². The van der Waals surface area contributed by atoms with E-state index in [1.54, 1.807) is 0 Å². The van der Waals surface area contributed by atoms with Crippen molar-refractivity contribution in [2.45, 2.75) is 108 Å². The van der Waals surface area contributed by atoms with Gasteiger partial charge in [-0.05, 0) is 41.2 Å². The first-order valence-corrected chi connectivity index (χ1v) is 19.0. The van der Waals surface area contributed by atoms with Gasteiger partial charge in [0.25, 0.3) is 0 Å². The Morgan fingerprint density at radius 3 is 1.73 bits per heavy atom. The molecule has 0 amide bonds. The van der Waals surface area contributed by atoms with Gasteiger partial charge in [-0.15, -0.1) is 0 Å². The molecule has 2 aliphatic heterocycles. The Morgan fingerprint density at radius 1 is 0.733 bits per heavy atom. The van der Waals surface area contributed by atoms with E-state index in [0.29, 0.717) is 32.7 Å². The Bertz CT molecular complexity index is 1330. The average molecular weight is 633 g/mol. The second-order valence-corrected chi connectivity index (χ2v) is 18.3. The highest BCUT2D eigenvalue weighted by Crippen LogP contribution is 2.42. The van der Waals surface area contributed by atoms with E-state index in [0.717, 1.165) is 16.7 Å². The van der Waals surface area contributed by atoms with Crippen LogP contribution in [0.4, 0.5) is 0 Å². The summed E-state index contributed by atoms with van der Waals surface area (Å²) in [7, 11) is -2.35. The Morgan fingerprint density at radius 2 is 1.24 bits per heavy atom. The van der Waals surface area contributed by atoms with Crippen LogP contribution in [-0.2, 0) is 52.7 Å². The minimum atomic E-state index is -2.35. The van der Waals surface area contributed by atoms with Crippen LogP contribution >= 0.6 is 0 Å². The average Bonchev–Trinajstić information content (AvgIpc) is 3.46. The molecule has 2 saturated heterocycles. The Kier molecular flexibility index (Phi) is 11.3. The summed E-state index contributed by atoms with van der Waals surface area (Å²) in [6.45, 7) is 12.6. The standard InChI is InChI=1S/C37H48O7Si/c1-37(2,3)45(4,5)44-36-34(30-21-22-32(38)42-30)43-31(26-39-23-27-15-9-6-10-16-27)33(40-24-28-17-11-7-12-18-28)35(36)41-25-29-19-13-8-14-20-29/h6-20,30-31,33-36H,21-26H2,1-5H3/t30?,31-,33-,34-,35+,36-/m1/s1. The number of benzene rings is 3. The molecule has 1 unspecified atom stereocenters. The number of rotatable bonds is 13. The number of carbonyl (C=O) groups excluding carboxylic acids is 1. The zero-order valence-corrected chi connectivity index (χ0v) is 28.2. The third-order valence-corrected chi connectivity index (χ3v) is 13.6. The van der Waals surface area contributed by atoms with Crippen molar-refractivity contribution in [3.8, 4) is 0 Å². The van der Waals surface area contributed by atoms with Gasteiger partial charge in [-0.25, -0.2) is 0 Å². The van der Waals surface area contributed by atoms with Crippen molar-refractivity contribution >= 4 is 14.3 Å². The van der Waals surface area contributed by atoms with Crippen LogP contribution in [0.2, 0.25) is 18.1 Å². The molecule has 3 aromatic carbocycles. The lowest BCUT2D eigenvalue weighted by Crippen LogP contribution is -2.66. The van der Waals surface area contributed by atoms with Crippen LogP contribution in [-0.4, -0.2) is 57.5 Å². The van der Waals surface area contributed by atoms with E-state index in [1.165, 1.54) is 0 Å². The Hall–Kier alpha value is -2.85. The fraction of sp³-hybridized carbons (Fsp3) is 0.486. The molecule has 5 rings (SSSR count). The third-order valence-electron chi connectivity index (χ3n) is 9.15. The minimum Gasteiger partial charge on any atom is -0.459 e. The molecule has 3 aromatic rings. The van der Waals surface area contributed by atoms with Crippen LogP contribution in [0.25, 0.3) is 0 Å². The molecule has 2 aliphatic rings. The van der Waals surface area contributed by atoms with Gasteiger partial charge in [0.15, 0.2) is 8.32 Å². The second-order valence-electron chi connectivity index (χ2n) is 13.6. The predicted octanol–water partition coefficient (Wildman–Crippen LogP) is 7.24. The quantitative estimate of drug-likeness (QED) is 0.145. The van der Waals surface area contributed by atoms with Crippen molar-refractivity contribution in [3.63, 3.8) is 0 Å². The predicted molar refractivity (Wildman–Crippen MR) is 176 cm³/mol. The summed E-state index contributed by atoms with van der Waals surface area (Å²) >= 11 is 0. The third kappa shape index (κ3) is 8.91. The van der Waals surface area contributed by atoms with E-state index >= 15 is 0 Å². The van der Waals surface area contributed by atoms with Crippen molar-refractivity contribution < 1.29 is 32.9 Å². The van der Waals surface area contributed by atoms with Gasteiger partial charge < -0.3 is 28.1 Å². The first-order chi connectivity index (χ1) is 21.6. The van der Waals surface area contributed by atoms with Crippen LogP contribution < -0.4 is 0 Å². The monoisotopic (exact) mass is 632 g/mol. The fourth-order valence-electron chi connectivity index (χ4n) is 5.60. The molecule has 2 fully saturated rings. The van der Waals surface area contributed by atoms with Crippen LogP contribution in [0.3, 0.4) is 0 Å². The summed E-state index contributed by atoms with van der Waals surface area (Å²) in [5, 5.41) is -0.0656. The molecule has 0 N–H and O–H groups in total. The molecule has 0 bridgehead atoms. The van der Waals surface area contributed by atoms with E-state index in [1.807, 2.05) is 66.7 Å². The summed E-state index contributed by atoms with van der Waals surface area (Å²) in [5.41, 5.74) is 3.18. The molecule has 0 saturated carbocycles. The number of esters is 1. The van der Waals surface area contributed by atoms with Gasteiger partial charge in [-0.2, -0.15) is 0 Å². The molecule has 0 aromatic heterocycles. The lowest BCUT2D eigenvalue weighted by atomic mass is 9.91. The zero-order valence-electron chi connectivity index (χ0n) is 27.2. The number of carbonyl (C=O) groups is 1. The highest BCUT2D eigenvalue weighted by molar-refractivity contribution is 6.74. The van der Waals surface area contributed by atoms with Crippen LogP contribution in [0, 0.1) is 0 Å². The summed E-state index contributed by atoms with van der Waals surface area (Å²) < 4.78 is 39.8. The number of ether oxygens (including phenoxy) is 5. The molecule has 2 heterocycles. The van der Waals surface area contributed by atoms with E-state index in [9.17, 15) is 4.79 Å². The highest BCUT2D eigenvalue weighted by atomic mass is 28.4. The molecule has 6 atom stereocenters. The Labute approximate surface area is 269 Å². The lowest BCUT2D eigenvalue weighted by Gasteiger charge is -2.51. The van der Waals surface area contributed by atoms with Gasteiger partial charge in [0.05, 0.1) is 26.4 Å². The topological polar surface area (TPSA) is 72.5 Å². The maximum Gasteiger partial charge on any atom is 0.306 e. The maximum absolute atomic E-state index is 12.4. The first-order valence-electron chi connectivity index (χ1n) is 16.1. The number of hydrogen-bond donors (Lipinski definition) is 0. The van der Waals surface area contributed by atoms with Crippen molar-refractivity contribution in [2.24, 2.45) is 0 Å². The van der Waals surface area contributed by atoms with Gasteiger partial charge in [-0.1, -0.05) is 112 Å².